The zero-order valence-electron chi connectivity index (χ0n) is 17.0. The topological polar surface area (TPSA) is 57.7 Å². The van der Waals surface area contributed by atoms with E-state index in [2.05, 4.69) is 0 Å². The SMILES string of the molecule is O=C(c1ccc(Cl)c(S(=O)(=O)N2CCCCC2)c1)N1CCC[C@@H]1C1CCCCC1. The molecule has 0 N–H and O–H groups in total. The fourth-order valence-corrected chi connectivity index (χ4v) is 7.32. The zero-order valence-corrected chi connectivity index (χ0v) is 18.6. The number of rotatable bonds is 4. The minimum absolute atomic E-state index is 0.0511. The second kappa shape index (κ2) is 8.94. The number of sulfonamides is 1. The molecule has 1 amide bonds. The van der Waals surface area contributed by atoms with E-state index < -0.39 is 10.0 Å². The van der Waals surface area contributed by atoms with Gasteiger partial charge in [0.15, 0.2) is 0 Å². The molecule has 0 spiro atoms. The van der Waals surface area contributed by atoms with Crippen molar-refractivity contribution in [2.45, 2.75) is 75.1 Å². The maximum atomic E-state index is 13.3. The molecule has 29 heavy (non-hydrogen) atoms. The van der Waals surface area contributed by atoms with Crippen molar-refractivity contribution in [2.24, 2.45) is 5.92 Å². The highest BCUT2D eigenvalue weighted by atomic mass is 35.5. The number of carbonyl (C=O) groups is 1. The molecule has 5 nitrogen and oxygen atoms in total. The van der Waals surface area contributed by atoms with Gasteiger partial charge in [0.25, 0.3) is 5.91 Å². The van der Waals surface area contributed by atoms with Crippen molar-refractivity contribution < 1.29 is 13.2 Å². The van der Waals surface area contributed by atoms with Crippen LogP contribution in [-0.2, 0) is 10.0 Å². The first-order valence-corrected chi connectivity index (χ1v) is 12.9. The molecule has 160 valence electrons. The number of carbonyl (C=O) groups excluding carboxylic acids is 1. The summed E-state index contributed by atoms with van der Waals surface area (Å²) < 4.78 is 27.8. The Balaban J connectivity index is 1.58. The molecule has 1 aromatic carbocycles. The van der Waals surface area contributed by atoms with Crippen LogP contribution in [0.5, 0.6) is 0 Å². The number of amides is 1. The molecule has 2 heterocycles. The van der Waals surface area contributed by atoms with E-state index in [-0.39, 0.29) is 15.8 Å². The number of hydrogen-bond acceptors (Lipinski definition) is 3. The molecule has 3 aliphatic rings. The summed E-state index contributed by atoms with van der Waals surface area (Å²) in [6, 6.07) is 5.04. The number of halogens is 1. The molecule has 4 rings (SSSR count). The molecule has 2 aliphatic heterocycles. The van der Waals surface area contributed by atoms with Crippen LogP contribution in [0.3, 0.4) is 0 Å². The third kappa shape index (κ3) is 4.35. The fraction of sp³-hybridized carbons (Fsp3) is 0.682. The number of likely N-dealkylation sites (tertiary alicyclic amines) is 1. The molecule has 0 aromatic heterocycles. The second-order valence-corrected chi connectivity index (χ2v) is 11.0. The van der Waals surface area contributed by atoms with Crippen LogP contribution < -0.4 is 0 Å². The Morgan fingerprint density at radius 3 is 2.31 bits per heavy atom. The summed E-state index contributed by atoms with van der Waals surface area (Å²) in [6.45, 7) is 1.80. The average Bonchev–Trinajstić information content (AvgIpc) is 3.24. The van der Waals surface area contributed by atoms with Crippen molar-refractivity contribution in [2.75, 3.05) is 19.6 Å². The van der Waals surface area contributed by atoms with Gasteiger partial charge in [0.05, 0.1) is 5.02 Å². The highest BCUT2D eigenvalue weighted by Crippen LogP contribution is 2.36. The summed E-state index contributed by atoms with van der Waals surface area (Å²) >= 11 is 6.28. The molecule has 1 aromatic rings. The van der Waals surface area contributed by atoms with Gasteiger partial charge in [-0.25, -0.2) is 8.42 Å². The van der Waals surface area contributed by atoms with Gasteiger partial charge in [-0.1, -0.05) is 37.3 Å². The van der Waals surface area contributed by atoms with Crippen molar-refractivity contribution in [1.82, 2.24) is 9.21 Å². The number of benzene rings is 1. The van der Waals surface area contributed by atoms with Crippen LogP contribution in [0.15, 0.2) is 23.1 Å². The predicted molar refractivity (Wildman–Crippen MR) is 115 cm³/mol. The van der Waals surface area contributed by atoms with Gasteiger partial charge in [0.2, 0.25) is 10.0 Å². The third-order valence-electron chi connectivity index (χ3n) is 6.87. The smallest absolute Gasteiger partial charge is 0.254 e. The van der Waals surface area contributed by atoms with E-state index in [1.807, 2.05) is 4.90 Å². The molecule has 1 saturated carbocycles. The predicted octanol–water partition coefficient (Wildman–Crippen LogP) is 4.70. The summed E-state index contributed by atoms with van der Waals surface area (Å²) in [5, 5.41) is 0.192. The van der Waals surface area contributed by atoms with Gasteiger partial charge in [-0.2, -0.15) is 4.31 Å². The van der Waals surface area contributed by atoms with E-state index in [9.17, 15) is 13.2 Å². The fourth-order valence-electron chi connectivity index (χ4n) is 5.30. The molecule has 0 unspecified atom stereocenters. The van der Waals surface area contributed by atoms with Crippen molar-refractivity contribution >= 4 is 27.5 Å². The molecule has 0 radical (unpaired) electrons. The summed E-state index contributed by atoms with van der Waals surface area (Å²) in [4.78, 5) is 15.4. The molecular weight excluding hydrogens is 408 g/mol. The van der Waals surface area contributed by atoms with Gasteiger partial charge in [0, 0.05) is 31.2 Å². The van der Waals surface area contributed by atoms with Gasteiger partial charge >= 0.3 is 0 Å². The van der Waals surface area contributed by atoms with E-state index >= 15 is 0 Å². The third-order valence-corrected chi connectivity index (χ3v) is 9.25. The first kappa shape index (κ1) is 21.1. The van der Waals surface area contributed by atoms with E-state index in [0.717, 1.165) is 38.6 Å². The zero-order chi connectivity index (χ0) is 20.4. The lowest BCUT2D eigenvalue weighted by molar-refractivity contribution is 0.0661. The van der Waals surface area contributed by atoms with Crippen LogP contribution in [0, 0.1) is 5.92 Å². The number of hydrogen-bond donors (Lipinski definition) is 0. The van der Waals surface area contributed by atoms with E-state index in [1.165, 1.54) is 42.5 Å². The van der Waals surface area contributed by atoms with Crippen LogP contribution in [0.2, 0.25) is 5.02 Å². The highest BCUT2D eigenvalue weighted by molar-refractivity contribution is 7.89. The normalized spacial score (nSPS) is 24.7. The van der Waals surface area contributed by atoms with Crippen molar-refractivity contribution in [3.63, 3.8) is 0 Å². The number of nitrogens with zero attached hydrogens (tertiary/aromatic N) is 2. The maximum Gasteiger partial charge on any atom is 0.254 e. The van der Waals surface area contributed by atoms with E-state index in [4.69, 9.17) is 11.6 Å². The minimum Gasteiger partial charge on any atom is -0.335 e. The first-order valence-electron chi connectivity index (χ1n) is 11.1. The monoisotopic (exact) mass is 438 g/mol. The minimum atomic E-state index is -3.68. The quantitative estimate of drug-likeness (QED) is 0.684. The average molecular weight is 439 g/mol. The van der Waals surface area contributed by atoms with Gasteiger partial charge < -0.3 is 4.90 Å². The Labute approximate surface area is 179 Å². The van der Waals surface area contributed by atoms with Crippen LogP contribution in [0.4, 0.5) is 0 Å². The highest BCUT2D eigenvalue weighted by Gasteiger charge is 2.36. The van der Waals surface area contributed by atoms with E-state index in [1.54, 1.807) is 12.1 Å². The van der Waals surface area contributed by atoms with Crippen LogP contribution in [0.25, 0.3) is 0 Å². The maximum absolute atomic E-state index is 13.3. The Bertz CT molecular complexity index is 846. The van der Waals surface area contributed by atoms with Crippen molar-refractivity contribution in [3.8, 4) is 0 Å². The Morgan fingerprint density at radius 1 is 0.897 bits per heavy atom. The van der Waals surface area contributed by atoms with Crippen LogP contribution >= 0.6 is 11.6 Å². The Morgan fingerprint density at radius 2 is 1.59 bits per heavy atom. The lowest BCUT2D eigenvalue weighted by Crippen LogP contribution is -2.41. The summed E-state index contributed by atoms with van der Waals surface area (Å²) in [7, 11) is -3.68. The Kier molecular flexibility index (Phi) is 6.52. The second-order valence-electron chi connectivity index (χ2n) is 8.72. The standard InChI is InChI=1S/C22H31ClN2O3S/c23-19-12-11-18(16-21(19)29(27,28)24-13-5-2-6-14-24)22(26)25-15-7-10-20(25)17-8-3-1-4-9-17/h11-12,16-17,20H,1-10,13-15H2/t20-/m1/s1. The van der Waals surface area contributed by atoms with Gasteiger partial charge in [0.1, 0.15) is 4.90 Å². The molecule has 7 heteroatoms. The number of piperidine rings is 1. The summed E-state index contributed by atoms with van der Waals surface area (Å²) in [5.74, 6) is 0.531. The van der Waals surface area contributed by atoms with E-state index in [0.29, 0.717) is 30.6 Å². The Hall–Kier alpha value is -1.11. The molecule has 1 aliphatic carbocycles. The van der Waals surface area contributed by atoms with Crippen LogP contribution in [-0.4, -0.2) is 49.2 Å². The van der Waals surface area contributed by atoms with Crippen LogP contribution in [0.1, 0.15) is 74.6 Å². The molecule has 0 bridgehead atoms. The lowest BCUT2D eigenvalue weighted by atomic mass is 9.83. The summed E-state index contributed by atoms with van der Waals surface area (Å²) in [5.41, 5.74) is 0.438. The first-order chi connectivity index (χ1) is 14.0. The molecule has 2 saturated heterocycles. The van der Waals surface area contributed by atoms with Gasteiger partial charge in [-0.15, -0.1) is 0 Å². The molecular formula is C22H31ClN2O3S. The van der Waals surface area contributed by atoms with Crippen molar-refractivity contribution in [1.29, 1.82) is 0 Å². The van der Waals surface area contributed by atoms with Gasteiger partial charge in [-0.05, 0) is 62.6 Å². The van der Waals surface area contributed by atoms with Gasteiger partial charge in [-0.3, -0.25) is 4.79 Å². The molecule has 3 fully saturated rings. The largest absolute Gasteiger partial charge is 0.335 e. The van der Waals surface area contributed by atoms with Crippen molar-refractivity contribution in [3.05, 3.63) is 28.8 Å². The molecule has 1 atom stereocenters. The summed E-state index contributed by atoms with van der Waals surface area (Å²) in [6.07, 6.45) is 11.1. The lowest BCUT2D eigenvalue weighted by Gasteiger charge is -2.34.